The summed E-state index contributed by atoms with van der Waals surface area (Å²) in [5, 5.41) is 1.25. The summed E-state index contributed by atoms with van der Waals surface area (Å²) in [5.74, 6) is 0.620. The number of ether oxygens (including phenoxy) is 2. The number of sulfonamides is 1. The number of hydrogen-bond acceptors (Lipinski definition) is 7. The maximum atomic E-state index is 13.4. The number of piperazine rings is 1. The Morgan fingerprint density at radius 3 is 2.22 bits per heavy atom. The van der Waals surface area contributed by atoms with Crippen molar-refractivity contribution in [2.75, 3.05) is 37.5 Å². The molecular weight excluding hydrogens is 641 g/mol. The zero-order valence-corrected chi connectivity index (χ0v) is 27.8. The van der Waals surface area contributed by atoms with Crippen molar-refractivity contribution in [1.29, 1.82) is 0 Å². The number of aryl methyl sites for hydroxylation is 1. The average molecular weight is 675 g/mol. The van der Waals surface area contributed by atoms with Gasteiger partial charge in [0.25, 0.3) is 15.9 Å². The molecule has 1 saturated heterocycles. The van der Waals surface area contributed by atoms with Crippen molar-refractivity contribution in [2.45, 2.75) is 31.3 Å². The Labute approximate surface area is 271 Å². The highest BCUT2D eigenvalue weighted by atomic mass is 35.5. The normalized spacial score (nSPS) is 14.0. The minimum atomic E-state index is -3.91. The fourth-order valence-corrected chi connectivity index (χ4v) is 6.40. The van der Waals surface area contributed by atoms with Gasteiger partial charge in [-0.05, 0) is 63.2 Å². The molecule has 1 aliphatic heterocycles. The molecule has 14 heteroatoms. The first-order chi connectivity index (χ1) is 21.1. The molecule has 0 spiro atoms. The van der Waals surface area contributed by atoms with Crippen LogP contribution in [-0.2, 0) is 21.8 Å². The Bertz CT molecular complexity index is 1860. The average Bonchev–Trinajstić information content (AvgIpc) is 3.32. The molecule has 238 valence electrons. The second kappa shape index (κ2) is 12.4. The van der Waals surface area contributed by atoms with Gasteiger partial charge in [0.1, 0.15) is 17.0 Å². The number of hydrogen-bond donors (Lipinski definition) is 0. The molecule has 11 nitrogen and oxygen atoms in total. The molecule has 3 heterocycles. The van der Waals surface area contributed by atoms with Crippen molar-refractivity contribution in [3.8, 4) is 11.6 Å². The zero-order valence-electron chi connectivity index (χ0n) is 25.5. The molecule has 0 saturated carbocycles. The van der Waals surface area contributed by atoms with E-state index in [4.69, 9.17) is 32.7 Å². The molecule has 5 rings (SSSR count). The lowest BCUT2D eigenvalue weighted by Gasteiger charge is -2.35. The van der Waals surface area contributed by atoms with Gasteiger partial charge < -0.3 is 23.8 Å². The summed E-state index contributed by atoms with van der Waals surface area (Å²) < 4.78 is 40.5. The van der Waals surface area contributed by atoms with Crippen LogP contribution in [0.5, 0.6) is 11.6 Å². The summed E-state index contributed by atoms with van der Waals surface area (Å²) >= 11 is 11.9. The van der Waals surface area contributed by atoms with Crippen LogP contribution in [0.25, 0.3) is 10.9 Å². The monoisotopic (exact) mass is 673 g/mol. The van der Waals surface area contributed by atoms with E-state index in [1.807, 2.05) is 50.6 Å². The maximum absolute atomic E-state index is 13.4. The van der Waals surface area contributed by atoms with E-state index in [1.165, 1.54) is 31.4 Å². The van der Waals surface area contributed by atoms with Gasteiger partial charge in [0, 0.05) is 57.8 Å². The number of rotatable bonds is 6. The van der Waals surface area contributed by atoms with Gasteiger partial charge in [-0.1, -0.05) is 23.2 Å². The molecule has 45 heavy (non-hydrogen) atoms. The lowest BCUT2D eigenvalue weighted by molar-refractivity contribution is 0.0139. The fraction of sp³-hybridized carbons (Fsp3) is 0.323. The van der Waals surface area contributed by atoms with E-state index in [0.29, 0.717) is 43.3 Å². The summed E-state index contributed by atoms with van der Waals surface area (Å²) in [4.78, 5) is 33.5. The molecule has 0 bridgehead atoms. The van der Waals surface area contributed by atoms with E-state index in [0.717, 1.165) is 15.2 Å². The van der Waals surface area contributed by atoms with Gasteiger partial charge in [0.05, 0.1) is 32.3 Å². The van der Waals surface area contributed by atoms with E-state index < -0.39 is 15.6 Å². The quantitative estimate of drug-likeness (QED) is 0.240. The highest BCUT2D eigenvalue weighted by Gasteiger charge is 2.29. The van der Waals surface area contributed by atoms with Crippen LogP contribution in [0.2, 0.25) is 10.0 Å². The number of halogens is 2. The van der Waals surface area contributed by atoms with Crippen LogP contribution >= 0.6 is 23.2 Å². The van der Waals surface area contributed by atoms with Gasteiger partial charge in [0.15, 0.2) is 0 Å². The summed E-state index contributed by atoms with van der Waals surface area (Å²) in [7, 11) is -0.678. The van der Waals surface area contributed by atoms with Gasteiger partial charge in [-0.25, -0.2) is 18.2 Å². The van der Waals surface area contributed by atoms with Crippen LogP contribution in [0.15, 0.2) is 65.7 Å². The molecule has 0 radical (unpaired) electrons. The SMILES string of the molecule is CN(c1ccc(Oc2ccc3cc(C(=O)N4CCN(C(=O)OC(C)(C)C)CC4)n(C)c3c2)nc1)S(=O)(=O)c1ccc(Cl)c(Cl)c1. The van der Waals surface area contributed by atoms with Gasteiger partial charge in [-0.15, -0.1) is 0 Å². The predicted molar refractivity (Wildman–Crippen MR) is 173 cm³/mol. The van der Waals surface area contributed by atoms with E-state index in [2.05, 4.69) is 4.98 Å². The van der Waals surface area contributed by atoms with Crippen molar-refractivity contribution >= 4 is 61.8 Å². The summed E-state index contributed by atoms with van der Waals surface area (Å²) in [6, 6.07) is 14.5. The largest absolute Gasteiger partial charge is 0.444 e. The number of amides is 2. The van der Waals surface area contributed by atoms with E-state index in [9.17, 15) is 18.0 Å². The van der Waals surface area contributed by atoms with Crippen LogP contribution in [0, 0.1) is 0 Å². The molecule has 0 aliphatic carbocycles. The number of nitrogens with zero attached hydrogens (tertiary/aromatic N) is 5. The first-order valence-corrected chi connectivity index (χ1v) is 16.3. The third-order valence-electron chi connectivity index (χ3n) is 7.31. The van der Waals surface area contributed by atoms with Crippen molar-refractivity contribution in [1.82, 2.24) is 19.4 Å². The van der Waals surface area contributed by atoms with Crippen molar-refractivity contribution in [3.05, 3.63) is 76.5 Å². The van der Waals surface area contributed by atoms with E-state index >= 15 is 0 Å². The molecular formula is C31H33Cl2N5O6S. The van der Waals surface area contributed by atoms with Gasteiger partial charge in [0.2, 0.25) is 5.88 Å². The summed E-state index contributed by atoms with van der Waals surface area (Å²) in [6.07, 6.45) is 1.02. The van der Waals surface area contributed by atoms with Crippen LogP contribution in [0.4, 0.5) is 10.5 Å². The number of carbonyl (C=O) groups is 2. The molecule has 0 unspecified atom stereocenters. The minimum Gasteiger partial charge on any atom is -0.444 e. The number of carbonyl (C=O) groups excluding carboxylic acids is 2. The standard InChI is InChI=1S/C31H33Cl2N5O6S/c1-31(2,3)44-30(40)38-14-12-37(13-15-38)29(39)27-16-20-6-8-22(17-26(20)35(27)4)43-28-11-7-21(19-34-28)36(5)45(41,42)23-9-10-24(32)25(33)18-23/h6-11,16-19H,12-15H2,1-5H3. The number of fused-ring (bicyclic) bond motifs is 1. The lowest BCUT2D eigenvalue weighted by Crippen LogP contribution is -2.51. The third kappa shape index (κ3) is 6.98. The lowest BCUT2D eigenvalue weighted by atomic mass is 10.2. The number of pyridine rings is 1. The molecule has 2 aromatic carbocycles. The molecule has 4 aromatic rings. The topological polar surface area (TPSA) is 114 Å². The summed E-state index contributed by atoms with van der Waals surface area (Å²) in [6.45, 7) is 7.06. The van der Waals surface area contributed by atoms with Crippen molar-refractivity contribution in [3.63, 3.8) is 0 Å². The Morgan fingerprint density at radius 1 is 0.911 bits per heavy atom. The predicted octanol–water partition coefficient (Wildman–Crippen LogP) is 6.19. The number of benzene rings is 2. The highest BCUT2D eigenvalue weighted by Crippen LogP contribution is 2.31. The molecule has 1 aliphatic rings. The zero-order chi connectivity index (χ0) is 32.7. The van der Waals surface area contributed by atoms with Crippen molar-refractivity contribution in [2.24, 2.45) is 7.05 Å². The van der Waals surface area contributed by atoms with E-state index in [-0.39, 0.29) is 32.8 Å². The molecule has 0 N–H and O–H groups in total. The van der Waals surface area contributed by atoms with Crippen molar-refractivity contribution < 1.29 is 27.5 Å². The van der Waals surface area contributed by atoms with E-state index in [1.54, 1.807) is 28.0 Å². The molecule has 1 fully saturated rings. The smallest absolute Gasteiger partial charge is 0.410 e. The van der Waals surface area contributed by atoms with Gasteiger partial charge >= 0.3 is 6.09 Å². The molecule has 2 aromatic heterocycles. The van der Waals surface area contributed by atoms with Crippen LogP contribution < -0.4 is 9.04 Å². The maximum Gasteiger partial charge on any atom is 0.410 e. The van der Waals surface area contributed by atoms with Gasteiger partial charge in [-0.2, -0.15) is 0 Å². The van der Waals surface area contributed by atoms with Crippen LogP contribution in [0.3, 0.4) is 0 Å². The second-order valence-corrected chi connectivity index (χ2v) is 14.4. The summed E-state index contributed by atoms with van der Waals surface area (Å²) in [5.41, 5.74) is 1.04. The first-order valence-electron chi connectivity index (χ1n) is 14.1. The Hall–Kier alpha value is -4.00. The molecule has 0 atom stereocenters. The fourth-order valence-electron chi connectivity index (χ4n) is 4.83. The second-order valence-electron chi connectivity index (χ2n) is 11.6. The highest BCUT2D eigenvalue weighted by molar-refractivity contribution is 7.92. The molecule has 2 amide bonds. The van der Waals surface area contributed by atoms with Crippen LogP contribution in [-0.4, -0.2) is 78.6 Å². The Morgan fingerprint density at radius 2 is 1.60 bits per heavy atom. The minimum absolute atomic E-state index is 0.00323. The Kier molecular flexibility index (Phi) is 8.94. The van der Waals surface area contributed by atoms with Crippen LogP contribution in [0.1, 0.15) is 31.3 Å². The Balaban J connectivity index is 1.26. The number of anilines is 1. The first kappa shape index (κ1) is 32.4. The third-order valence-corrected chi connectivity index (χ3v) is 9.83. The number of aromatic nitrogens is 2. The van der Waals surface area contributed by atoms with Gasteiger partial charge in [-0.3, -0.25) is 9.10 Å².